The molecule has 0 aliphatic heterocycles. The topological polar surface area (TPSA) is 54.5 Å². The largest absolute Gasteiger partial charge is 0.268 e. The zero-order valence-electron chi connectivity index (χ0n) is 8.38. The van der Waals surface area contributed by atoms with Gasteiger partial charge in [0.1, 0.15) is 11.8 Å². The first-order valence-electron chi connectivity index (χ1n) is 4.62. The van der Waals surface area contributed by atoms with Crippen LogP contribution in [-0.4, -0.2) is 14.8 Å². The van der Waals surface area contributed by atoms with Crippen LogP contribution in [0.4, 0.5) is 0 Å². The third-order valence-electron chi connectivity index (χ3n) is 2.09. The molecule has 4 nitrogen and oxygen atoms in total. The minimum atomic E-state index is 0.464. The summed E-state index contributed by atoms with van der Waals surface area (Å²) in [6.45, 7) is 2.57. The van der Waals surface area contributed by atoms with E-state index >= 15 is 0 Å². The number of hydrogen-bond donors (Lipinski definition) is 0. The smallest absolute Gasteiger partial charge is 0.145 e. The summed E-state index contributed by atoms with van der Waals surface area (Å²) in [4.78, 5) is 4.00. The predicted molar refractivity (Wildman–Crippen MR) is 55.0 cm³/mol. The Bertz CT molecular complexity index is 507. The van der Waals surface area contributed by atoms with Gasteiger partial charge in [0.05, 0.1) is 12.7 Å². The lowest BCUT2D eigenvalue weighted by atomic mass is 10.2. The molecule has 0 unspecified atom stereocenters. The Morgan fingerprint density at radius 1 is 1.53 bits per heavy atom. The van der Waals surface area contributed by atoms with Crippen molar-refractivity contribution in [1.82, 2.24) is 14.8 Å². The van der Waals surface area contributed by atoms with Crippen molar-refractivity contribution < 1.29 is 0 Å². The monoisotopic (exact) mass is 198 g/mol. The van der Waals surface area contributed by atoms with E-state index in [1.807, 2.05) is 25.3 Å². The maximum atomic E-state index is 8.86. The number of aromatic nitrogens is 3. The van der Waals surface area contributed by atoms with Gasteiger partial charge < -0.3 is 0 Å². The highest BCUT2D eigenvalue weighted by molar-refractivity contribution is 5.30. The summed E-state index contributed by atoms with van der Waals surface area (Å²) < 4.78 is 1.80. The number of pyridine rings is 1. The standard InChI is InChI=1S/C11H10N4/c1-9-6-14-15(7-9)8-10-3-2-4-13-11(10)5-12/h2-4,6-7H,8H2,1H3. The van der Waals surface area contributed by atoms with Crippen molar-refractivity contribution in [3.8, 4) is 6.07 Å². The molecule has 74 valence electrons. The second kappa shape index (κ2) is 3.93. The molecule has 0 saturated heterocycles. The molecular formula is C11H10N4. The summed E-state index contributed by atoms with van der Waals surface area (Å²) in [7, 11) is 0. The van der Waals surface area contributed by atoms with Gasteiger partial charge in [-0.05, 0) is 18.6 Å². The Hall–Kier alpha value is -2.15. The van der Waals surface area contributed by atoms with Crippen molar-refractivity contribution in [3.05, 3.63) is 47.5 Å². The third kappa shape index (κ3) is 2.02. The molecule has 0 aliphatic carbocycles. The molecule has 2 rings (SSSR count). The van der Waals surface area contributed by atoms with Gasteiger partial charge in [0.25, 0.3) is 0 Å². The number of rotatable bonds is 2. The van der Waals surface area contributed by atoms with Crippen molar-refractivity contribution in [2.24, 2.45) is 0 Å². The molecule has 2 heterocycles. The zero-order valence-corrected chi connectivity index (χ0v) is 8.38. The average Bonchev–Trinajstić information content (AvgIpc) is 2.65. The van der Waals surface area contributed by atoms with Crippen LogP contribution in [0, 0.1) is 18.3 Å². The number of hydrogen-bond acceptors (Lipinski definition) is 3. The van der Waals surface area contributed by atoms with E-state index in [-0.39, 0.29) is 0 Å². The molecule has 2 aromatic rings. The van der Waals surface area contributed by atoms with E-state index in [9.17, 15) is 0 Å². The molecule has 0 atom stereocenters. The quantitative estimate of drug-likeness (QED) is 0.734. The van der Waals surface area contributed by atoms with Gasteiger partial charge in [0.15, 0.2) is 0 Å². The van der Waals surface area contributed by atoms with Gasteiger partial charge in [-0.15, -0.1) is 0 Å². The fraction of sp³-hybridized carbons (Fsp3) is 0.182. The average molecular weight is 198 g/mol. The second-order valence-electron chi connectivity index (χ2n) is 3.34. The van der Waals surface area contributed by atoms with E-state index < -0.39 is 0 Å². The van der Waals surface area contributed by atoms with Crippen molar-refractivity contribution in [1.29, 1.82) is 5.26 Å². The molecular weight excluding hydrogens is 188 g/mol. The molecule has 0 amide bonds. The normalized spacial score (nSPS) is 9.87. The Morgan fingerprint density at radius 2 is 2.40 bits per heavy atom. The van der Waals surface area contributed by atoms with Crippen molar-refractivity contribution >= 4 is 0 Å². The van der Waals surface area contributed by atoms with Crippen LogP contribution in [0.3, 0.4) is 0 Å². The molecule has 0 saturated carbocycles. The number of nitriles is 1. The number of aryl methyl sites for hydroxylation is 1. The lowest BCUT2D eigenvalue weighted by Crippen LogP contribution is -2.03. The fourth-order valence-corrected chi connectivity index (χ4v) is 1.39. The molecule has 2 aromatic heterocycles. The van der Waals surface area contributed by atoms with Crippen LogP contribution in [0.15, 0.2) is 30.7 Å². The van der Waals surface area contributed by atoms with E-state index in [0.29, 0.717) is 12.2 Å². The predicted octanol–water partition coefficient (Wildman–Crippen LogP) is 1.51. The SMILES string of the molecule is Cc1cnn(Cc2cccnc2C#N)c1. The van der Waals surface area contributed by atoms with Gasteiger partial charge in [-0.1, -0.05) is 6.07 Å². The van der Waals surface area contributed by atoms with Gasteiger partial charge >= 0.3 is 0 Å². The van der Waals surface area contributed by atoms with Crippen molar-refractivity contribution in [3.63, 3.8) is 0 Å². The highest BCUT2D eigenvalue weighted by atomic mass is 15.3. The lowest BCUT2D eigenvalue weighted by Gasteiger charge is -2.02. The van der Waals surface area contributed by atoms with E-state index in [0.717, 1.165) is 11.1 Å². The highest BCUT2D eigenvalue weighted by Crippen LogP contribution is 2.06. The van der Waals surface area contributed by atoms with Crippen LogP contribution in [-0.2, 0) is 6.54 Å². The molecule has 0 N–H and O–H groups in total. The lowest BCUT2D eigenvalue weighted by molar-refractivity contribution is 0.683. The van der Waals surface area contributed by atoms with Gasteiger partial charge in [-0.3, -0.25) is 4.68 Å². The molecule has 0 spiro atoms. The second-order valence-corrected chi connectivity index (χ2v) is 3.34. The van der Waals surface area contributed by atoms with E-state index in [1.54, 1.807) is 17.1 Å². The molecule has 0 fully saturated rings. The summed E-state index contributed by atoms with van der Waals surface area (Å²) in [6, 6.07) is 5.79. The maximum Gasteiger partial charge on any atom is 0.145 e. The van der Waals surface area contributed by atoms with Gasteiger partial charge in [0.2, 0.25) is 0 Å². The summed E-state index contributed by atoms with van der Waals surface area (Å²) in [5.74, 6) is 0. The molecule has 0 aromatic carbocycles. The van der Waals surface area contributed by atoms with Gasteiger partial charge in [-0.25, -0.2) is 4.98 Å². The Morgan fingerprint density at radius 3 is 3.07 bits per heavy atom. The first kappa shape index (κ1) is 9.41. The van der Waals surface area contributed by atoms with Crippen LogP contribution in [0.2, 0.25) is 0 Å². The van der Waals surface area contributed by atoms with Crippen LogP contribution < -0.4 is 0 Å². The van der Waals surface area contributed by atoms with E-state index in [4.69, 9.17) is 5.26 Å². The maximum absolute atomic E-state index is 8.86. The number of nitrogens with zero attached hydrogens (tertiary/aromatic N) is 4. The van der Waals surface area contributed by atoms with Crippen LogP contribution in [0.25, 0.3) is 0 Å². The molecule has 15 heavy (non-hydrogen) atoms. The van der Waals surface area contributed by atoms with Crippen molar-refractivity contribution in [2.75, 3.05) is 0 Å². The summed E-state index contributed by atoms with van der Waals surface area (Å²) in [6.07, 6.45) is 5.35. The molecule has 0 bridgehead atoms. The van der Waals surface area contributed by atoms with Gasteiger partial charge in [0, 0.05) is 18.0 Å². The Labute approximate surface area is 87.8 Å². The fourth-order valence-electron chi connectivity index (χ4n) is 1.39. The van der Waals surface area contributed by atoms with Crippen LogP contribution >= 0.6 is 0 Å². The Balaban J connectivity index is 2.28. The van der Waals surface area contributed by atoms with Crippen LogP contribution in [0.1, 0.15) is 16.8 Å². The highest BCUT2D eigenvalue weighted by Gasteiger charge is 2.03. The third-order valence-corrected chi connectivity index (χ3v) is 2.09. The molecule has 0 aliphatic rings. The summed E-state index contributed by atoms with van der Waals surface area (Å²) >= 11 is 0. The van der Waals surface area contributed by atoms with E-state index in [1.165, 1.54) is 0 Å². The zero-order chi connectivity index (χ0) is 10.7. The van der Waals surface area contributed by atoms with Crippen LogP contribution in [0.5, 0.6) is 0 Å². The first-order valence-corrected chi connectivity index (χ1v) is 4.62. The summed E-state index contributed by atoms with van der Waals surface area (Å²) in [5.41, 5.74) is 2.46. The summed E-state index contributed by atoms with van der Waals surface area (Å²) in [5, 5.41) is 13.0. The van der Waals surface area contributed by atoms with Gasteiger partial charge in [-0.2, -0.15) is 10.4 Å². The van der Waals surface area contributed by atoms with E-state index in [2.05, 4.69) is 16.2 Å². The minimum absolute atomic E-state index is 0.464. The molecule has 0 radical (unpaired) electrons. The Kier molecular flexibility index (Phi) is 2.46. The van der Waals surface area contributed by atoms with Crippen molar-refractivity contribution in [2.45, 2.75) is 13.5 Å². The first-order chi connectivity index (χ1) is 7.29. The molecule has 4 heteroatoms. The minimum Gasteiger partial charge on any atom is -0.268 e.